The Morgan fingerprint density at radius 3 is 2.85 bits per heavy atom. The van der Waals surface area contributed by atoms with E-state index >= 15 is 0 Å². The van der Waals surface area contributed by atoms with Crippen molar-refractivity contribution in [3.8, 4) is 0 Å². The quantitative estimate of drug-likeness (QED) is 0.448. The van der Waals surface area contributed by atoms with Crippen LogP contribution in [0, 0.1) is 0 Å². The number of hydrogen-bond donors (Lipinski definition) is 1. The minimum atomic E-state index is -0.403. The fraction of sp³-hybridized carbons (Fsp3) is 0.0556. The third-order valence-electron chi connectivity index (χ3n) is 3.44. The van der Waals surface area contributed by atoms with Gasteiger partial charge in [-0.05, 0) is 35.9 Å². The van der Waals surface area contributed by atoms with Gasteiger partial charge in [0.15, 0.2) is 5.69 Å². The molecule has 2 aromatic carbocycles. The van der Waals surface area contributed by atoms with Gasteiger partial charge in [-0.15, -0.1) is 0 Å². The van der Waals surface area contributed by atoms with E-state index in [0.29, 0.717) is 22.2 Å². The van der Waals surface area contributed by atoms with Gasteiger partial charge < -0.3 is 0 Å². The van der Waals surface area contributed by atoms with Crippen LogP contribution in [-0.4, -0.2) is 21.9 Å². The number of amides is 1. The standard InChI is InChI=1S/C18H13BrCl2N4O/c19-14-3-1-2-12(8-14)11-25-7-6-17(24-25)18(26)23-22-10-13-4-5-15(20)9-16(13)21/h1-10H,11H2,(H,23,26). The number of rotatable bonds is 5. The lowest BCUT2D eigenvalue weighted by atomic mass is 10.2. The van der Waals surface area contributed by atoms with Gasteiger partial charge in [0.05, 0.1) is 17.8 Å². The predicted octanol–water partition coefficient (Wildman–Crippen LogP) is 4.76. The number of carbonyl (C=O) groups excluding carboxylic acids is 1. The van der Waals surface area contributed by atoms with Crippen LogP contribution in [0.25, 0.3) is 0 Å². The zero-order chi connectivity index (χ0) is 18.5. The molecule has 0 spiro atoms. The number of nitrogens with one attached hydrogen (secondary N) is 1. The van der Waals surface area contributed by atoms with Crippen LogP contribution in [0.2, 0.25) is 10.0 Å². The topological polar surface area (TPSA) is 59.3 Å². The summed E-state index contributed by atoms with van der Waals surface area (Å²) in [6.07, 6.45) is 3.20. The molecular formula is C18H13BrCl2N4O. The van der Waals surface area contributed by atoms with E-state index in [1.54, 1.807) is 35.1 Å². The summed E-state index contributed by atoms with van der Waals surface area (Å²) in [5.74, 6) is -0.403. The molecule has 0 bridgehead atoms. The normalized spacial score (nSPS) is 11.0. The van der Waals surface area contributed by atoms with Gasteiger partial charge in [-0.3, -0.25) is 9.48 Å². The maximum absolute atomic E-state index is 12.1. The first kappa shape index (κ1) is 18.6. The van der Waals surface area contributed by atoms with E-state index in [1.807, 2.05) is 24.3 Å². The maximum atomic E-state index is 12.1. The van der Waals surface area contributed by atoms with Crippen LogP contribution in [0.1, 0.15) is 21.6 Å². The molecule has 0 aliphatic heterocycles. The van der Waals surface area contributed by atoms with Gasteiger partial charge in [0, 0.05) is 21.3 Å². The average Bonchev–Trinajstić information content (AvgIpc) is 3.05. The van der Waals surface area contributed by atoms with Crippen LogP contribution < -0.4 is 5.43 Å². The number of aromatic nitrogens is 2. The van der Waals surface area contributed by atoms with E-state index in [-0.39, 0.29) is 5.69 Å². The Labute approximate surface area is 168 Å². The van der Waals surface area contributed by atoms with Gasteiger partial charge in [0.2, 0.25) is 0 Å². The van der Waals surface area contributed by atoms with Gasteiger partial charge in [-0.2, -0.15) is 10.2 Å². The molecule has 0 unspecified atom stereocenters. The summed E-state index contributed by atoms with van der Waals surface area (Å²) in [7, 11) is 0. The molecule has 0 saturated carbocycles. The summed E-state index contributed by atoms with van der Waals surface area (Å²) >= 11 is 15.3. The molecule has 1 aromatic heterocycles. The molecule has 8 heteroatoms. The Balaban J connectivity index is 1.62. The minimum absolute atomic E-state index is 0.277. The third kappa shape index (κ3) is 4.94. The summed E-state index contributed by atoms with van der Waals surface area (Å²) in [4.78, 5) is 12.1. The summed E-state index contributed by atoms with van der Waals surface area (Å²) < 4.78 is 2.69. The van der Waals surface area contributed by atoms with E-state index in [1.165, 1.54) is 6.21 Å². The van der Waals surface area contributed by atoms with Crippen molar-refractivity contribution in [1.29, 1.82) is 0 Å². The maximum Gasteiger partial charge on any atom is 0.291 e. The second-order valence-electron chi connectivity index (χ2n) is 5.39. The van der Waals surface area contributed by atoms with Crippen molar-refractivity contribution in [3.05, 3.63) is 86.1 Å². The van der Waals surface area contributed by atoms with Crippen molar-refractivity contribution in [3.63, 3.8) is 0 Å². The molecule has 1 N–H and O–H groups in total. The summed E-state index contributed by atoms with van der Waals surface area (Å²) in [5, 5.41) is 9.15. The third-order valence-corrected chi connectivity index (χ3v) is 4.49. The number of nitrogens with zero attached hydrogens (tertiary/aromatic N) is 3. The molecule has 0 fully saturated rings. The second-order valence-corrected chi connectivity index (χ2v) is 7.15. The number of benzene rings is 2. The van der Waals surface area contributed by atoms with E-state index < -0.39 is 5.91 Å². The number of hydrazone groups is 1. The van der Waals surface area contributed by atoms with Gasteiger partial charge in [-0.25, -0.2) is 5.43 Å². The van der Waals surface area contributed by atoms with E-state index in [0.717, 1.165) is 10.0 Å². The zero-order valence-electron chi connectivity index (χ0n) is 13.4. The molecule has 0 radical (unpaired) electrons. The Morgan fingerprint density at radius 2 is 2.08 bits per heavy atom. The molecule has 26 heavy (non-hydrogen) atoms. The lowest BCUT2D eigenvalue weighted by Crippen LogP contribution is -2.18. The average molecular weight is 452 g/mol. The minimum Gasteiger partial charge on any atom is -0.268 e. The first-order chi connectivity index (χ1) is 12.5. The molecule has 0 aliphatic rings. The number of carbonyl (C=O) groups is 1. The summed E-state index contributed by atoms with van der Waals surface area (Å²) in [5.41, 5.74) is 4.43. The van der Waals surface area contributed by atoms with Gasteiger partial charge in [-0.1, -0.05) is 57.3 Å². The molecule has 132 valence electrons. The monoisotopic (exact) mass is 450 g/mol. The van der Waals surface area contributed by atoms with Crippen LogP contribution >= 0.6 is 39.1 Å². The van der Waals surface area contributed by atoms with Gasteiger partial charge in [0.1, 0.15) is 0 Å². The highest BCUT2D eigenvalue weighted by Gasteiger charge is 2.09. The fourth-order valence-corrected chi connectivity index (χ4v) is 3.12. The molecule has 0 saturated heterocycles. The Kier molecular flexibility index (Phi) is 6.08. The SMILES string of the molecule is O=C(NN=Cc1ccc(Cl)cc1Cl)c1ccn(Cc2cccc(Br)c2)n1. The lowest BCUT2D eigenvalue weighted by molar-refractivity contribution is 0.0949. The van der Waals surface area contributed by atoms with Gasteiger partial charge in [0.25, 0.3) is 5.91 Å². The highest BCUT2D eigenvalue weighted by Crippen LogP contribution is 2.19. The molecular weight excluding hydrogens is 439 g/mol. The largest absolute Gasteiger partial charge is 0.291 e. The molecule has 5 nitrogen and oxygen atoms in total. The lowest BCUT2D eigenvalue weighted by Gasteiger charge is -2.02. The molecule has 3 aromatic rings. The van der Waals surface area contributed by atoms with Gasteiger partial charge >= 0.3 is 0 Å². The second kappa shape index (κ2) is 8.49. The van der Waals surface area contributed by atoms with Crippen LogP contribution in [-0.2, 0) is 6.54 Å². The van der Waals surface area contributed by atoms with Crippen LogP contribution in [0.5, 0.6) is 0 Å². The molecule has 3 rings (SSSR count). The van der Waals surface area contributed by atoms with Crippen LogP contribution in [0.3, 0.4) is 0 Å². The zero-order valence-corrected chi connectivity index (χ0v) is 16.5. The van der Waals surface area contributed by atoms with Crippen molar-refractivity contribution in [2.75, 3.05) is 0 Å². The first-order valence-electron chi connectivity index (χ1n) is 7.57. The Morgan fingerprint density at radius 1 is 1.23 bits per heavy atom. The fourth-order valence-electron chi connectivity index (χ4n) is 2.22. The van der Waals surface area contributed by atoms with Crippen LogP contribution in [0.4, 0.5) is 0 Å². The van der Waals surface area contributed by atoms with E-state index in [4.69, 9.17) is 23.2 Å². The van der Waals surface area contributed by atoms with Crippen molar-refractivity contribution in [2.24, 2.45) is 5.10 Å². The Hall–Kier alpha value is -2.15. The van der Waals surface area contributed by atoms with E-state index in [9.17, 15) is 4.79 Å². The van der Waals surface area contributed by atoms with E-state index in [2.05, 4.69) is 31.6 Å². The van der Waals surface area contributed by atoms with Crippen molar-refractivity contribution in [2.45, 2.75) is 6.54 Å². The first-order valence-corrected chi connectivity index (χ1v) is 9.12. The van der Waals surface area contributed by atoms with Crippen molar-refractivity contribution in [1.82, 2.24) is 15.2 Å². The van der Waals surface area contributed by atoms with Crippen molar-refractivity contribution >= 4 is 51.3 Å². The van der Waals surface area contributed by atoms with Crippen molar-refractivity contribution < 1.29 is 4.79 Å². The summed E-state index contributed by atoms with van der Waals surface area (Å²) in [6, 6.07) is 14.6. The molecule has 1 amide bonds. The highest BCUT2D eigenvalue weighted by atomic mass is 79.9. The smallest absolute Gasteiger partial charge is 0.268 e. The molecule has 0 atom stereocenters. The Bertz CT molecular complexity index is 971. The van der Waals surface area contributed by atoms with Crippen LogP contribution in [0.15, 0.2) is 64.3 Å². The highest BCUT2D eigenvalue weighted by molar-refractivity contribution is 9.10. The predicted molar refractivity (Wildman–Crippen MR) is 107 cm³/mol. The summed E-state index contributed by atoms with van der Waals surface area (Å²) in [6.45, 7) is 0.566. The number of halogens is 3. The molecule has 1 heterocycles. The number of hydrogen-bond acceptors (Lipinski definition) is 3. The molecule has 0 aliphatic carbocycles.